The van der Waals surface area contributed by atoms with Crippen molar-refractivity contribution in [3.63, 3.8) is 0 Å². The largest absolute Gasteiger partial charge is 0.457 e. The second kappa shape index (κ2) is 8.81. The number of nitrogens with zero attached hydrogens (tertiary/aromatic N) is 3. The van der Waals surface area contributed by atoms with Gasteiger partial charge in [-0.1, -0.05) is 19.1 Å². The zero-order valence-electron chi connectivity index (χ0n) is 18.8. The quantitative estimate of drug-likeness (QED) is 0.320. The Morgan fingerprint density at radius 1 is 1.12 bits per heavy atom. The van der Waals surface area contributed by atoms with Gasteiger partial charge in [0.15, 0.2) is 5.78 Å². The molecule has 6 nitrogen and oxygen atoms in total. The van der Waals surface area contributed by atoms with Gasteiger partial charge in [-0.25, -0.2) is 9.97 Å². The van der Waals surface area contributed by atoms with Crippen LogP contribution in [0.3, 0.4) is 0 Å². The Kier molecular flexibility index (Phi) is 6.03. The summed E-state index contributed by atoms with van der Waals surface area (Å²) < 4.78 is 47.4. The van der Waals surface area contributed by atoms with Crippen molar-refractivity contribution in [2.24, 2.45) is 0 Å². The summed E-state index contributed by atoms with van der Waals surface area (Å²) in [5.74, 6) is 0.206. The topological polar surface area (TPSA) is 83.0 Å². The summed E-state index contributed by atoms with van der Waals surface area (Å²) in [5.41, 5.74) is 7.70. The number of benzene rings is 2. The second-order valence-corrected chi connectivity index (χ2v) is 8.11. The fraction of sp³-hybridized carbons (Fsp3) is 0.240. The van der Waals surface area contributed by atoms with Gasteiger partial charge in [-0.15, -0.1) is 0 Å². The molecule has 0 saturated heterocycles. The molecule has 0 radical (unpaired) electrons. The van der Waals surface area contributed by atoms with Crippen molar-refractivity contribution in [2.45, 2.75) is 39.4 Å². The Morgan fingerprint density at radius 2 is 1.82 bits per heavy atom. The third kappa shape index (κ3) is 4.33. The van der Waals surface area contributed by atoms with E-state index in [0.717, 1.165) is 34.7 Å². The lowest BCUT2D eigenvalue weighted by Gasteiger charge is -2.14. The van der Waals surface area contributed by atoms with Gasteiger partial charge in [-0.2, -0.15) is 13.2 Å². The zero-order chi connectivity index (χ0) is 24.6. The van der Waals surface area contributed by atoms with Crippen LogP contribution in [0.2, 0.25) is 0 Å². The maximum absolute atomic E-state index is 13.2. The number of aromatic nitrogens is 3. The van der Waals surface area contributed by atoms with Crippen LogP contribution in [0, 0.1) is 0 Å². The lowest BCUT2D eigenvalue weighted by atomic mass is 10.0. The van der Waals surface area contributed by atoms with Gasteiger partial charge >= 0.3 is 6.18 Å². The minimum atomic E-state index is -4.55. The van der Waals surface area contributed by atoms with Gasteiger partial charge in [0.1, 0.15) is 29.3 Å². The fourth-order valence-electron chi connectivity index (χ4n) is 3.75. The van der Waals surface area contributed by atoms with E-state index in [-0.39, 0.29) is 29.6 Å². The van der Waals surface area contributed by atoms with E-state index in [0.29, 0.717) is 17.2 Å². The number of carbonyl (C=O) groups is 1. The molecule has 0 fully saturated rings. The number of nitrogens with two attached hydrogens (primary N) is 1. The number of hydrogen-bond acceptors (Lipinski definition) is 5. The molecular weight excluding hydrogens is 445 g/mol. The number of halogens is 3. The lowest BCUT2D eigenvalue weighted by molar-refractivity contribution is -0.137. The highest BCUT2D eigenvalue weighted by Crippen LogP contribution is 2.37. The molecule has 0 spiro atoms. The number of Topliss-reactive ketones (excluding diaryl/α,β-unsaturated/α-hetero) is 1. The smallest absolute Gasteiger partial charge is 0.416 e. The molecule has 0 aliphatic rings. The molecule has 0 unspecified atom stereocenters. The van der Waals surface area contributed by atoms with Gasteiger partial charge in [0.25, 0.3) is 0 Å². The van der Waals surface area contributed by atoms with Crippen molar-refractivity contribution < 1.29 is 22.7 Å². The summed E-state index contributed by atoms with van der Waals surface area (Å²) in [5, 5.41) is 0.721. The van der Waals surface area contributed by atoms with Crippen LogP contribution in [-0.2, 0) is 6.18 Å². The Bertz CT molecular complexity index is 1360. The predicted octanol–water partition coefficient (Wildman–Crippen LogP) is 6.67. The second-order valence-electron chi connectivity index (χ2n) is 8.11. The fourth-order valence-corrected chi connectivity index (χ4v) is 3.75. The van der Waals surface area contributed by atoms with Crippen LogP contribution < -0.4 is 10.5 Å². The molecule has 2 aromatic heterocycles. The van der Waals surface area contributed by atoms with E-state index in [1.807, 2.05) is 24.6 Å². The van der Waals surface area contributed by atoms with Crippen LogP contribution in [0.25, 0.3) is 22.2 Å². The van der Waals surface area contributed by atoms with Crippen molar-refractivity contribution in [3.8, 4) is 22.6 Å². The van der Waals surface area contributed by atoms with E-state index in [4.69, 9.17) is 10.5 Å². The number of nitrogen functional groups attached to an aromatic ring is 1. The maximum Gasteiger partial charge on any atom is 0.416 e. The highest BCUT2D eigenvalue weighted by atomic mass is 19.4. The van der Waals surface area contributed by atoms with E-state index in [1.54, 1.807) is 31.2 Å². The van der Waals surface area contributed by atoms with Gasteiger partial charge in [0, 0.05) is 24.2 Å². The molecule has 0 atom stereocenters. The molecule has 176 valence electrons. The molecule has 0 aliphatic carbocycles. The van der Waals surface area contributed by atoms with E-state index in [9.17, 15) is 18.0 Å². The Morgan fingerprint density at radius 3 is 2.44 bits per heavy atom. The molecular formula is C25H23F3N4O2. The molecule has 34 heavy (non-hydrogen) atoms. The van der Waals surface area contributed by atoms with Crippen molar-refractivity contribution in [3.05, 3.63) is 66.1 Å². The molecule has 4 rings (SSSR count). The number of carbonyl (C=O) groups excluding carboxylic acids is 1. The number of anilines is 1. The average Bonchev–Trinajstić information content (AvgIpc) is 3.20. The molecule has 2 N–H and O–H groups in total. The van der Waals surface area contributed by atoms with Crippen LogP contribution in [0.5, 0.6) is 11.5 Å². The number of ether oxygens (including phenoxy) is 1. The predicted molar refractivity (Wildman–Crippen MR) is 124 cm³/mol. The first kappa shape index (κ1) is 23.3. The van der Waals surface area contributed by atoms with Gasteiger partial charge in [-0.3, -0.25) is 4.79 Å². The van der Waals surface area contributed by atoms with Crippen molar-refractivity contribution in [1.82, 2.24) is 14.5 Å². The van der Waals surface area contributed by atoms with Gasteiger partial charge in [0.2, 0.25) is 0 Å². The first-order valence-electron chi connectivity index (χ1n) is 10.7. The Hall–Kier alpha value is -3.88. The summed E-state index contributed by atoms with van der Waals surface area (Å²) >= 11 is 0. The molecule has 0 amide bonds. The van der Waals surface area contributed by atoms with E-state index < -0.39 is 11.7 Å². The van der Waals surface area contributed by atoms with E-state index in [1.165, 1.54) is 6.33 Å². The molecule has 4 aromatic rings. The summed E-state index contributed by atoms with van der Waals surface area (Å²) in [7, 11) is 0. The van der Waals surface area contributed by atoms with Crippen molar-refractivity contribution in [2.75, 3.05) is 5.73 Å². The zero-order valence-corrected chi connectivity index (χ0v) is 18.8. The number of ketones is 1. The number of hydrogen-bond donors (Lipinski definition) is 1. The third-order valence-corrected chi connectivity index (χ3v) is 5.52. The minimum Gasteiger partial charge on any atom is -0.457 e. The highest BCUT2D eigenvalue weighted by molar-refractivity contribution is 6.01. The van der Waals surface area contributed by atoms with Crippen LogP contribution in [-0.4, -0.2) is 20.3 Å². The average molecular weight is 468 g/mol. The van der Waals surface area contributed by atoms with Crippen molar-refractivity contribution in [1.29, 1.82) is 0 Å². The SMILES string of the molecule is CCC(=O)c1ccc(C(F)(F)F)cc1Oc1ccc(-c2cn(C(C)C)c3ncnc(N)c23)cc1. The normalized spacial score (nSPS) is 11.9. The minimum absolute atomic E-state index is 0.101. The number of rotatable bonds is 6. The monoisotopic (exact) mass is 468 g/mol. The number of fused-ring (bicyclic) bond motifs is 1. The maximum atomic E-state index is 13.2. The lowest BCUT2D eigenvalue weighted by Crippen LogP contribution is -2.07. The van der Waals surface area contributed by atoms with Crippen LogP contribution in [0.4, 0.5) is 19.0 Å². The molecule has 0 aliphatic heterocycles. The first-order chi connectivity index (χ1) is 16.1. The van der Waals surface area contributed by atoms with E-state index >= 15 is 0 Å². The van der Waals surface area contributed by atoms with Crippen LogP contribution >= 0.6 is 0 Å². The Labute approximate surface area is 194 Å². The van der Waals surface area contributed by atoms with Crippen LogP contribution in [0.15, 0.2) is 55.0 Å². The summed E-state index contributed by atoms with van der Waals surface area (Å²) in [6, 6.07) is 9.85. The van der Waals surface area contributed by atoms with Gasteiger partial charge in [0.05, 0.1) is 16.5 Å². The van der Waals surface area contributed by atoms with Crippen molar-refractivity contribution >= 4 is 22.6 Å². The summed E-state index contributed by atoms with van der Waals surface area (Å²) in [6.45, 7) is 5.70. The molecule has 9 heteroatoms. The Balaban J connectivity index is 1.72. The van der Waals surface area contributed by atoms with Crippen LogP contribution in [0.1, 0.15) is 49.2 Å². The first-order valence-corrected chi connectivity index (χ1v) is 10.7. The molecule has 2 heterocycles. The van der Waals surface area contributed by atoms with Gasteiger partial charge in [-0.05, 0) is 49.7 Å². The molecule has 0 bridgehead atoms. The van der Waals surface area contributed by atoms with E-state index in [2.05, 4.69) is 9.97 Å². The third-order valence-electron chi connectivity index (χ3n) is 5.52. The standard InChI is InChI=1S/C25H23F3N4O2/c1-4-20(33)18-10-7-16(25(26,27)28)11-21(18)34-17-8-5-15(6-9-17)19-12-32(14(2)3)24-22(19)23(29)30-13-31-24/h5-14H,4H2,1-3H3,(H2,29,30,31). The van der Waals surface area contributed by atoms with Gasteiger partial charge < -0.3 is 15.0 Å². The summed E-state index contributed by atoms with van der Waals surface area (Å²) in [4.78, 5) is 20.7. The molecule has 0 saturated carbocycles. The summed E-state index contributed by atoms with van der Waals surface area (Å²) in [6.07, 6.45) is -1.05. The number of alkyl halides is 3. The molecule has 2 aromatic carbocycles. The highest BCUT2D eigenvalue weighted by Gasteiger charge is 2.32.